The molecule has 0 fully saturated rings. The van der Waals surface area contributed by atoms with Gasteiger partial charge in [-0.3, -0.25) is 0 Å². The number of allylic oxidation sites excluding steroid dienone is 4. The van der Waals surface area contributed by atoms with Crippen LogP contribution in [0.2, 0.25) is 0 Å². The number of carbonyl (C=O) groups is 1. The predicted octanol–water partition coefficient (Wildman–Crippen LogP) is 2.35. The third-order valence-electron chi connectivity index (χ3n) is 1.03. The van der Waals surface area contributed by atoms with Gasteiger partial charge < -0.3 is 4.74 Å². The Balaban J connectivity index is 3.66. The van der Waals surface area contributed by atoms with Gasteiger partial charge in [0.1, 0.15) is 0 Å². The highest BCUT2D eigenvalue weighted by molar-refractivity contribution is 5.84. The quantitative estimate of drug-likeness (QED) is 0.478. The van der Waals surface area contributed by atoms with Crippen molar-refractivity contribution in [1.29, 1.82) is 0 Å². The lowest BCUT2D eigenvalue weighted by atomic mass is 10.4. The monoisotopic (exact) mass is 167 g/mol. The molecule has 0 aliphatic rings. The molecule has 0 aromatic rings. The fourth-order valence-electron chi connectivity index (χ4n) is 0.485. The first kappa shape index (κ1) is 10.6. The Labute approximate surface area is 72.4 Å². The maximum atomic E-state index is 10.4. The smallest absolute Gasteiger partial charge is 0.433 e. The van der Waals surface area contributed by atoms with Crippen LogP contribution < -0.4 is 0 Å². The second-order valence-corrected chi connectivity index (χ2v) is 1.97. The summed E-state index contributed by atoms with van der Waals surface area (Å²) in [5.41, 5.74) is 0. The molecule has 1 amide bonds. The third-order valence-corrected chi connectivity index (χ3v) is 1.03. The average molecular weight is 167 g/mol. The van der Waals surface area contributed by atoms with Gasteiger partial charge in [-0.05, 0) is 12.5 Å². The summed E-state index contributed by atoms with van der Waals surface area (Å²) >= 11 is 0. The maximum Gasteiger partial charge on any atom is 0.433 e. The van der Waals surface area contributed by atoms with E-state index in [0.29, 0.717) is 0 Å². The van der Waals surface area contributed by atoms with Crippen molar-refractivity contribution < 1.29 is 9.53 Å². The molecule has 0 aromatic heterocycles. The van der Waals surface area contributed by atoms with E-state index in [4.69, 9.17) is 0 Å². The van der Waals surface area contributed by atoms with Crippen LogP contribution >= 0.6 is 0 Å². The summed E-state index contributed by atoms with van der Waals surface area (Å²) in [4.78, 5) is 13.9. The highest BCUT2D eigenvalue weighted by atomic mass is 16.5. The zero-order valence-electron chi connectivity index (χ0n) is 7.36. The Hall–Kier alpha value is -1.38. The molecule has 12 heavy (non-hydrogen) atoms. The molecule has 0 aliphatic carbocycles. The fourth-order valence-corrected chi connectivity index (χ4v) is 0.485. The fraction of sp³-hybridized carbons (Fsp3) is 0.333. The molecule has 0 N–H and O–H groups in total. The van der Waals surface area contributed by atoms with E-state index in [2.05, 4.69) is 9.73 Å². The molecule has 0 saturated heterocycles. The number of methoxy groups -OCH3 is 1. The predicted molar refractivity (Wildman–Crippen MR) is 49.5 cm³/mol. The number of ether oxygens (including phenoxy) is 1. The van der Waals surface area contributed by atoms with Crippen LogP contribution in [0, 0.1) is 0 Å². The summed E-state index contributed by atoms with van der Waals surface area (Å²) in [6.07, 6.45) is 9.17. The number of carbonyl (C=O) groups excluding carboxylic acids is 1. The van der Waals surface area contributed by atoms with Crippen molar-refractivity contribution in [3.8, 4) is 0 Å². The molecule has 3 heteroatoms. The van der Waals surface area contributed by atoms with Crippen LogP contribution in [-0.2, 0) is 4.74 Å². The summed E-state index contributed by atoms with van der Waals surface area (Å²) in [6, 6.07) is 0. The highest BCUT2D eigenvalue weighted by Gasteiger charge is 1.87. The zero-order chi connectivity index (χ0) is 9.23. The van der Waals surface area contributed by atoms with Crippen molar-refractivity contribution in [1.82, 2.24) is 0 Å². The van der Waals surface area contributed by atoms with E-state index in [-0.39, 0.29) is 0 Å². The van der Waals surface area contributed by atoms with Crippen LogP contribution in [0.5, 0.6) is 0 Å². The summed E-state index contributed by atoms with van der Waals surface area (Å²) in [6.45, 7) is 2.05. The van der Waals surface area contributed by atoms with Crippen molar-refractivity contribution in [3.63, 3.8) is 0 Å². The third kappa shape index (κ3) is 6.74. The molecule has 0 saturated carbocycles. The Morgan fingerprint density at radius 1 is 1.42 bits per heavy atom. The molecule has 0 heterocycles. The molecule has 0 unspecified atom stereocenters. The van der Waals surface area contributed by atoms with E-state index in [0.717, 1.165) is 6.42 Å². The first-order valence-electron chi connectivity index (χ1n) is 3.75. The van der Waals surface area contributed by atoms with Crippen molar-refractivity contribution in [2.75, 3.05) is 7.11 Å². The van der Waals surface area contributed by atoms with Gasteiger partial charge in [0.2, 0.25) is 0 Å². The average Bonchev–Trinajstić information content (AvgIpc) is 2.10. The summed E-state index contributed by atoms with van der Waals surface area (Å²) in [5.74, 6) is 0. The molecule has 0 aromatic carbocycles. The first-order valence-corrected chi connectivity index (χ1v) is 3.75. The summed E-state index contributed by atoms with van der Waals surface area (Å²) in [5, 5.41) is 0. The minimum Gasteiger partial charge on any atom is -0.451 e. The van der Waals surface area contributed by atoms with Crippen LogP contribution in [0.4, 0.5) is 4.79 Å². The van der Waals surface area contributed by atoms with Crippen LogP contribution in [-0.4, -0.2) is 19.4 Å². The van der Waals surface area contributed by atoms with E-state index in [1.807, 2.05) is 19.1 Å². The number of amides is 1. The van der Waals surface area contributed by atoms with Crippen LogP contribution in [0.15, 0.2) is 29.3 Å². The van der Waals surface area contributed by atoms with Gasteiger partial charge in [-0.2, -0.15) is 4.99 Å². The lowest BCUT2D eigenvalue weighted by molar-refractivity contribution is 0.183. The molecule has 0 spiro atoms. The van der Waals surface area contributed by atoms with Crippen molar-refractivity contribution in [3.05, 3.63) is 24.3 Å². The lowest BCUT2D eigenvalue weighted by Gasteiger charge is -1.84. The SMILES string of the molecule is CC\C=C/C=C\C=N\C(=O)OC. The lowest BCUT2D eigenvalue weighted by Crippen LogP contribution is -1.91. The van der Waals surface area contributed by atoms with Gasteiger partial charge in [0.15, 0.2) is 0 Å². The maximum absolute atomic E-state index is 10.4. The van der Waals surface area contributed by atoms with Gasteiger partial charge >= 0.3 is 6.09 Å². The number of rotatable bonds is 3. The van der Waals surface area contributed by atoms with Crippen LogP contribution in [0.3, 0.4) is 0 Å². The minimum absolute atomic E-state index is 0.584. The number of aliphatic imine (C=N–C) groups is 1. The molecule has 3 nitrogen and oxygen atoms in total. The molecule has 0 bridgehead atoms. The number of nitrogens with zero attached hydrogens (tertiary/aromatic N) is 1. The second kappa shape index (κ2) is 7.72. The molecule has 66 valence electrons. The summed E-state index contributed by atoms with van der Waals surface area (Å²) in [7, 11) is 1.29. The van der Waals surface area contributed by atoms with Crippen LogP contribution in [0.25, 0.3) is 0 Å². The Morgan fingerprint density at radius 2 is 2.17 bits per heavy atom. The van der Waals surface area contributed by atoms with Gasteiger partial charge in [-0.25, -0.2) is 4.79 Å². The Morgan fingerprint density at radius 3 is 2.75 bits per heavy atom. The van der Waals surface area contributed by atoms with Gasteiger partial charge in [-0.15, -0.1) is 0 Å². The van der Waals surface area contributed by atoms with Crippen molar-refractivity contribution in [2.24, 2.45) is 4.99 Å². The standard InChI is InChI=1S/C9H13NO2/c1-3-4-5-6-7-8-10-9(11)12-2/h4-8H,3H2,1-2H3/b5-4-,7-6-,10-8+. The molecular formula is C9H13NO2. The normalized spacial score (nSPS) is 11.8. The van der Waals surface area contributed by atoms with Crippen LogP contribution in [0.1, 0.15) is 13.3 Å². The van der Waals surface area contributed by atoms with Crippen molar-refractivity contribution in [2.45, 2.75) is 13.3 Å². The number of hydrogen-bond donors (Lipinski definition) is 0. The highest BCUT2D eigenvalue weighted by Crippen LogP contribution is 1.81. The van der Waals surface area contributed by atoms with E-state index in [1.165, 1.54) is 13.3 Å². The number of hydrogen-bond acceptors (Lipinski definition) is 2. The second-order valence-electron chi connectivity index (χ2n) is 1.97. The van der Waals surface area contributed by atoms with E-state index in [1.54, 1.807) is 12.2 Å². The zero-order valence-corrected chi connectivity index (χ0v) is 7.36. The Bertz CT molecular complexity index is 205. The molecule has 0 rings (SSSR count). The first-order chi connectivity index (χ1) is 5.81. The van der Waals surface area contributed by atoms with Gasteiger partial charge in [0.25, 0.3) is 0 Å². The molecule has 0 radical (unpaired) electrons. The minimum atomic E-state index is -0.584. The molecule has 0 atom stereocenters. The van der Waals surface area contributed by atoms with Gasteiger partial charge in [0.05, 0.1) is 7.11 Å². The van der Waals surface area contributed by atoms with E-state index in [9.17, 15) is 4.79 Å². The Kier molecular flexibility index (Phi) is 6.84. The molecular weight excluding hydrogens is 154 g/mol. The largest absolute Gasteiger partial charge is 0.451 e. The van der Waals surface area contributed by atoms with E-state index >= 15 is 0 Å². The summed E-state index contributed by atoms with van der Waals surface area (Å²) < 4.78 is 4.29. The topological polar surface area (TPSA) is 38.7 Å². The van der Waals surface area contributed by atoms with E-state index < -0.39 is 6.09 Å². The van der Waals surface area contributed by atoms with Crippen molar-refractivity contribution >= 4 is 12.3 Å². The van der Waals surface area contributed by atoms with Gasteiger partial charge in [-0.1, -0.05) is 25.2 Å². The van der Waals surface area contributed by atoms with Gasteiger partial charge in [0, 0.05) is 6.21 Å². The molecule has 0 aliphatic heterocycles.